The highest BCUT2D eigenvalue weighted by Gasteiger charge is 2.65. The second-order valence-corrected chi connectivity index (χ2v) is 3.48. The van der Waals surface area contributed by atoms with E-state index in [2.05, 4.69) is 9.47 Å². The van der Waals surface area contributed by atoms with Gasteiger partial charge in [0, 0.05) is 6.07 Å². The van der Waals surface area contributed by atoms with Crippen LogP contribution < -0.4 is 9.47 Å². The van der Waals surface area contributed by atoms with E-state index in [1.165, 1.54) is 13.2 Å². The summed E-state index contributed by atoms with van der Waals surface area (Å²) in [6.07, 6.45) is -5.96. The monoisotopic (exact) mass is 298 g/mol. The molecular weight excluding hydrogens is 291 g/mol. The molecule has 1 rings (SSSR count). The van der Waals surface area contributed by atoms with Gasteiger partial charge in [0.15, 0.2) is 6.29 Å². The molecule has 1 aromatic rings. The van der Waals surface area contributed by atoms with E-state index in [9.17, 15) is 31.5 Å². The molecule has 0 atom stereocenters. The number of alkyl halides is 5. The van der Waals surface area contributed by atoms with E-state index in [-0.39, 0.29) is 17.6 Å². The SMILES string of the molecule is COc1ccc(C=O)c(OC(=O)C(F)(F)C(F)(F)F)c1. The number of methoxy groups -OCH3 is 1. The van der Waals surface area contributed by atoms with Gasteiger partial charge in [-0.3, -0.25) is 4.79 Å². The number of esters is 1. The minimum Gasteiger partial charge on any atom is -0.497 e. The van der Waals surface area contributed by atoms with Gasteiger partial charge in [0.05, 0.1) is 12.7 Å². The molecule has 0 amide bonds. The third kappa shape index (κ3) is 3.03. The Kier molecular flexibility index (Phi) is 4.31. The summed E-state index contributed by atoms with van der Waals surface area (Å²) in [6, 6.07) is 3.12. The van der Waals surface area contributed by atoms with Crippen LogP contribution in [0.25, 0.3) is 0 Å². The van der Waals surface area contributed by atoms with Gasteiger partial charge >= 0.3 is 18.1 Å². The van der Waals surface area contributed by atoms with E-state index in [0.717, 1.165) is 12.1 Å². The molecule has 0 aliphatic heterocycles. The quantitative estimate of drug-likeness (QED) is 0.371. The van der Waals surface area contributed by atoms with E-state index >= 15 is 0 Å². The highest BCUT2D eigenvalue weighted by atomic mass is 19.4. The number of benzene rings is 1. The second-order valence-electron chi connectivity index (χ2n) is 3.48. The standard InChI is InChI=1S/C11H7F5O4/c1-19-7-3-2-6(5-17)8(4-7)20-9(18)10(12,13)11(14,15)16/h2-5H,1H3. The van der Waals surface area contributed by atoms with E-state index in [1.807, 2.05) is 0 Å². The van der Waals surface area contributed by atoms with Crippen LogP contribution in [0.4, 0.5) is 22.0 Å². The van der Waals surface area contributed by atoms with Crippen molar-refractivity contribution in [3.63, 3.8) is 0 Å². The average molecular weight is 298 g/mol. The van der Waals surface area contributed by atoms with Crippen LogP contribution in [0.2, 0.25) is 0 Å². The number of ether oxygens (including phenoxy) is 2. The van der Waals surface area contributed by atoms with Crippen LogP contribution in [-0.2, 0) is 4.79 Å². The van der Waals surface area contributed by atoms with Crippen molar-refractivity contribution in [2.75, 3.05) is 7.11 Å². The molecule has 4 nitrogen and oxygen atoms in total. The van der Waals surface area contributed by atoms with Crippen LogP contribution in [0.5, 0.6) is 11.5 Å². The van der Waals surface area contributed by atoms with Crippen LogP contribution in [0.1, 0.15) is 10.4 Å². The summed E-state index contributed by atoms with van der Waals surface area (Å²) in [6.45, 7) is 0. The zero-order chi connectivity index (χ0) is 15.6. The summed E-state index contributed by atoms with van der Waals surface area (Å²) in [5.74, 6) is -9.26. The second kappa shape index (κ2) is 5.43. The maximum Gasteiger partial charge on any atom is 0.465 e. The first-order valence-electron chi connectivity index (χ1n) is 4.93. The van der Waals surface area contributed by atoms with Gasteiger partial charge in [-0.1, -0.05) is 0 Å². The molecule has 0 aliphatic carbocycles. The number of carbonyl (C=O) groups excluding carboxylic acids is 2. The van der Waals surface area contributed by atoms with Crippen molar-refractivity contribution in [2.24, 2.45) is 0 Å². The number of hydrogen-bond acceptors (Lipinski definition) is 4. The summed E-state index contributed by atoms with van der Waals surface area (Å²) in [5, 5.41) is 0. The number of rotatable bonds is 4. The smallest absolute Gasteiger partial charge is 0.465 e. The zero-order valence-electron chi connectivity index (χ0n) is 9.83. The van der Waals surface area contributed by atoms with Crippen molar-refractivity contribution in [1.82, 2.24) is 0 Å². The summed E-state index contributed by atoms with van der Waals surface area (Å²) in [5.41, 5.74) is -0.378. The van der Waals surface area contributed by atoms with E-state index < -0.39 is 23.8 Å². The highest BCUT2D eigenvalue weighted by molar-refractivity contribution is 5.85. The fourth-order valence-electron chi connectivity index (χ4n) is 1.11. The van der Waals surface area contributed by atoms with Crippen molar-refractivity contribution in [2.45, 2.75) is 12.1 Å². The summed E-state index contributed by atoms with van der Waals surface area (Å²) < 4.78 is 69.9. The highest BCUT2D eigenvalue weighted by Crippen LogP contribution is 2.37. The van der Waals surface area contributed by atoms with Gasteiger partial charge in [0.2, 0.25) is 0 Å². The predicted molar refractivity (Wildman–Crippen MR) is 55.0 cm³/mol. The molecule has 0 fully saturated rings. The molecule has 0 N–H and O–H groups in total. The molecule has 0 heterocycles. The average Bonchev–Trinajstić information content (AvgIpc) is 2.37. The minimum atomic E-state index is -6.09. The lowest BCUT2D eigenvalue weighted by Gasteiger charge is -2.18. The van der Waals surface area contributed by atoms with E-state index in [0.29, 0.717) is 0 Å². The Morgan fingerprint density at radius 1 is 1.20 bits per heavy atom. The Hall–Kier alpha value is -2.19. The van der Waals surface area contributed by atoms with Gasteiger partial charge < -0.3 is 9.47 Å². The lowest BCUT2D eigenvalue weighted by molar-refractivity contribution is -0.276. The Bertz CT molecular complexity index is 524. The minimum absolute atomic E-state index is 0.00808. The van der Waals surface area contributed by atoms with Gasteiger partial charge in [-0.25, -0.2) is 4.79 Å². The topological polar surface area (TPSA) is 52.6 Å². The molecule has 0 spiro atoms. The van der Waals surface area contributed by atoms with E-state index in [1.54, 1.807) is 0 Å². The molecule has 0 unspecified atom stereocenters. The molecule has 9 heteroatoms. The van der Waals surface area contributed by atoms with Gasteiger partial charge in [-0.2, -0.15) is 22.0 Å². The summed E-state index contributed by atoms with van der Waals surface area (Å²) in [7, 11) is 1.19. The van der Waals surface area contributed by atoms with Gasteiger partial charge in [-0.15, -0.1) is 0 Å². The Morgan fingerprint density at radius 2 is 1.80 bits per heavy atom. The molecule has 1 aromatic carbocycles. The fourth-order valence-corrected chi connectivity index (χ4v) is 1.11. The predicted octanol–water partition coefficient (Wildman–Crippen LogP) is 2.61. The zero-order valence-corrected chi connectivity index (χ0v) is 9.83. The van der Waals surface area contributed by atoms with Gasteiger partial charge in [0.1, 0.15) is 11.5 Å². The van der Waals surface area contributed by atoms with Crippen molar-refractivity contribution in [3.05, 3.63) is 23.8 Å². The number of carbonyl (C=O) groups is 2. The number of halogens is 5. The molecular formula is C11H7F5O4. The van der Waals surface area contributed by atoms with Crippen LogP contribution >= 0.6 is 0 Å². The number of aldehydes is 1. The van der Waals surface area contributed by atoms with Crippen LogP contribution in [0.3, 0.4) is 0 Å². The maximum atomic E-state index is 12.7. The molecule has 0 aromatic heterocycles. The first-order chi connectivity index (χ1) is 9.13. The first kappa shape index (κ1) is 15.9. The first-order valence-corrected chi connectivity index (χ1v) is 4.93. The Morgan fingerprint density at radius 3 is 2.25 bits per heavy atom. The molecule has 0 radical (unpaired) electrons. The van der Waals surface area contributed by atoms with Crippen molar-refractivity contribution in [1.29, 1.82) is 0 Å². The Balaban J connectivity index is 3.10. The molecule has 0 saturated carbocycles. The van der Waals surface area contributed by atoms with Crippen LogP contribution in [0.15, 0.2) is 18.2 Å². The summed E-state index contributed by atoms with van der Waals surface area (Å²) in [4.78, 5) is 21.5. The molecule has 110 valence electrons. The fraction of sp³-hybridized carbons (Fsp3) is 0.273. The normalized spacial score (nSPS) is 11.9. The van der Waals surface area contributed by atoms with Gasteiger partial charge in [-0.05, 0) is 12.1 Å². The largest absolute Gasteiger partial charge is 0.497 e. The molecule has 0 saturated heterocycles. The van der Waals surface area contributed by atoms with Crippen LogP contribution in [-0.4, -0.2) is 31.5 Å². The number of hydrogen-bond donors (Lipinski definition) is 0. The summed E-state index contributed by atoms with van der Waals surface area (Å²) >= 11 is 0. The van der Waals surface area contributed by atoms with E-state index in [4.69, 9.17) is 0 Å². The maximum absolute atomic E-state index is 12.7. The lowest BCUT2D eigenvalue weighted by atomic mass is 10.2. The molecule has 0 bridgehead atoms. The third-order valence-corrected chi connectivity index (χ3v) is 2.16. The third-order valence-electron chi connectivity index (χ3n) is 2.16. The molecule has 0 aliphatic rings. The Labute approximate surface area is 109 Å². The lowest BCUT2D eigenvalue weighted by Crippen LogP contribution is -2.46. The molecule has 20 heavy (non-hydrogen) atoms. The van der Waals surface area contributed by atoms with Gasteiger partial charge in [0.25, 0.3) is 0 Å². The van der Waals surface area contributed by atoms with Crippen molar-refractivity contribution < 1.29 is 41.0 Å². The van der Waals surface area contributed by atoms with Crippen molar-refractivity contribution >= 4 is 12.3 Å². The van der Waals surface area contributed by atoms with Crippen molar-refractivity contribution in [3.8, 4) is 11.5 Å². The van der Waals surface area contributed by atoms with Crippen LogP contribution in [0, 0.1) is 0 Å².